The van der Waals surface area contributed by atoms with Crippen LogP contribution in [-0.2, 0) is 19.6 Å². The van der Waals surface area contributed by atoms with Gasteiger partial charge in [-0.3, -0.25) is 9.59 Å². The number of carboxylic acids is 1. The Balaban J connectivity index is 4.68. The first kappa shape index (κ1) is 20.2. The van der Waals surface area contributed by atoms with Gasteiger partial charge in [0.25, 0.3) is 0 Å². The predicted molar refractivity (Wildman–Crippen MR) is 83.8 cm³/mol. The molecule has 2 atom stereocenters. The summed E-state index contributed by atoms with van der Waals surface area (Å²) in [6.45, 7) is 3.20. The van der Waals surface area contributed by atoms with Gasteiger partial charge in [0, 0.05) is 6.54 Å². The quantitative estimate of drug-likeness (QED) is 0.498. The highest BCUT2D eigenvalue weighted by molar-refractivity contribution is 7.98. The lowest BCUT2D eigenvalue weighted by atomic mass is 10.1. The van der Waals surface area contributed by atoms with Crippen LogP contribution in [0.4, 0.5) is 0 Å². The van der Waals surface area contributed by atoms with E-state index < -0.39 is 33.9 Å². The van der Waals surface area contributed by atoms with Crippen LogP contribution in [0.1, 0.15) is 26.7 Å². The lowest BCUT2D eigenvalue weighted by Crippen LogP contribution is -2.48. The average Bonchev–Trinajstić information content (AvgIpc) is 2.43. The normalized spacial score (nSPS) is 14.4. The van der Waals surface area contributed by atoms with Crippen LogP contribution in [-0.4, -0.2) is 55.7 Å². The minimum absolute atomic E-state index is 0.00567. The maximum Gasteiger partial charge on any atom is 0.308 e. The number of rotatable bonds is 11. The van der Waals surface area contributed by atoms with Gasteiger partial charge in [0.1, 0.15) is 6.04 Å². The van der Waals surface area contributed by atoms with Gasteiger partial charge in [0.2, 0.25) is 15.9 Å². The molecule has 0 heterocycles. The summed E-state index contributed by atoms with van der Waals surface area (Å²) in [6, 6.07) is -0.867. The van der Waals surface area contributed by atoms with Gasteiger partial charge in [-0.25, -0.2) is 13.1 Å². The fourth-order valence-corrected chi connectivity index (χ4v) is 2.83. The zero-order valence-corrected chi connectivity index (χ0v) is 14.2. The van der Waals surface area contributed by atoms with Gasteiger partial charge in [-0.15, -0.1) is 0 Å². The average molecular weight is 340 g/mol. The molecule has 0 aromatic rings. The molecule has 3 N–H and O–H groups in total. The number of hydrogen-bond acceptors (Lipinski definition) is 5. The van der Waals surface area contributed by atoms with Gasteiger partial charge in [-0.05, 0) is 31.8 Å². The van der Waals surface area contributed by atoms with Gasteiger partial charge < -0.3 is 10.4 Å². The van der Waals surface area contributed by atoms with E-state index in [-0.39, 0.29) is 12.3 Å². The fraction of sp³-hybridized carbons (Fsp3) is 0.833. The zero-order valence-electron chi connectivity index (χ0n) is 12.6. The number of amides is 1. The van der Waals surface area contributed by atoms with E-state index in [1.807, 2.05) is 6.26 Å². The van der Waals surface area contributed by atoms with Crippen LogP contribution < -0.4 is 10.0 Å². The first-order chi connectivity index (χ1) is 9.77. The first-order valence-electron chi connectivity index (χ1n) is 6.76. The van der Waals surface area contributed by atoms with Crippen LogP contribution in [0.25, 0.3) is 0 Å². The molecule has 0 saturated carbocycles. The van der Waals surface area contributed by atoms with Crippen molar-refractivity contribution in [3.63, 3.8) is 0 Å². The third-order valence-corrected chi connectivity index (χ3v) is 5.04. The lowest BCUT2D eigenvalue weighted by molar-refractivity contribution is -0.141. The summed E-state index contributed by atoms with van der Waals surface area (Å²) in [7, 11) is -3.49. The van der Waals surface area contributed by atoms with Crippen LogP contribution >= 0.6 is 11.8 Å². The number of carboxylic acid groups (broad SMARTS) is 1. The second-order valence-electron chi connectivity index (χ2n) is 4.54. The van der Waals surface area contributed by atoms with Crippen molar-refractivity contribution in [2.24, 2.45) is 5.92 Å². The van der Waals surface area contributed by atoms with Crippen molar-refractivity contribution in [2.45, 2.75) is 32.7 Å². The molecule has 7 nitrogen and oxygen atoms in total. The highest BCUT2D eigenvalue weighted by Crippen LogP contribution is 2.05. The van der Waals surface area contributed by atoms with Crippen molar-refractivity contribution in [3.8, 4) is 0 Å². The van der Waals surface area contributed by atoms with Crippen molar-refractivity contribution < 1.29 is 23.1 Å². The molecule has 0 saturated heterocycles. The van der Waals surface area contributed by atoms with Crippen molar-refractivity contribution in [1.82, 2.24) is 10.0 Å². The molecule has 0 aromatic carbocycles. The predicted octanol–water partition coefficient (Wildman–Crippen LogP) is 0.274. The van der Waals surface area contributed by atoms with Gasteiger partial charge >= 0.3 is 5.97 Å². The number of nitrogens with one attached hydrogen (secondary N) is 2. The summed E-state index contributed by atoms with van der Waals surface area (Å²) in [4.78, 5) is 22.9. The van der Waals surface area contributed by atoms with E-state index in [0.717, 1.165) is 0 Å². The summed E-state index contributed by atoms with van der Waals surface area (Å²) < 4.78 is 25.5. The lowest BCUT2D eigenvalue weighted by Gasteiger charge is -2.19. The number of aliphatic carboxylic acids is 1. The SMILES string of the molecule is CCC(CNC(=O)C(CCSC)NS(=O)(=O)CC)C(=O)O. The maximum atomic E-state index is 12.0. The molecule has 1 amide bonds. The largest absolute Gasteiger partial charge is 0.481 e. The van der Waals surface area contributed by atoms with E-state index in [1.165, 1.54) is 18.7 Å². The third kappa shape index (κ3) is 8.27. The Hall–Kier alpha value is -0.800. The van der Waals surface area contributed by atoms with Gasteiger partial charge in [-0.2, -0.15) is 11.8 Å². The summed E-state index contributed by atoms with van der Waals surface area (Å²) in [5, 5.41) is 11.4. The second kappa shape index (κ2) is 10.0. The highest BCUT2D eigenvalue weighted by Gasteiger charge is 2.24. The molecule has 0 bridgehead atoms. The Morgan fingerprint density at radius 3 is 2.33 bits per heavy atom. The molecule has 124 valence electrons. The second-order valence-corrected chi connectivity index (χ2v) is 7.57. The Bertz CT molecular complexity index is 439. The number of carbonyl (C=O) groups is 2. The molecule has 0 aliphatic heterocycles. The number of thioether (sulfide) groups is 1. The molecule has 9 heteroatoms. The minimum Gasteiger partial charge on any atom is -0.481 e. The molecule has 0 radical (unpaired) electrons. The number of sulfonamides is 1. The first-order valence-corrected chi connectivity index (χ1v) is 9.81. The number of hydrogen-bond donors (Lipinski definition) is 3. The van der Waals surface area contributed by atoms with Crippen molar-refractivity contribution in [3.05, 3.63) is 0 Å². The Morgan fingerprint density at radius 1 is 1.29 bits per heavy atom. The highest BCUT2D eigenvalue weighted by atomic mass is 32.2. The molecule has 0 fully saturated rings. The van der Waals surface area contributed by atoms with E-state index in [2.05, 4.69) is 10.0 Å². The molecular weight excluding hydrogens is 316 g/mol. The standard InChI is InChI=1S/C12H24N2O5S2/c1-4-9(12(16)17)8-13-11(15)10(6-7-20-3)14-21(18,19)5-2/h9-10,14H,4-8H2,1-3H3,(H,13,15)(H,16,17). The van der Waals surface area contributed by atoms with Crippen LogP contribution in [0.3, 0.4) is 0 Å². The fourth-order valence-electron chi connectivity index (χ4n) is 1.53. The molecule has 0 aliphatic rings. The van der Waals surface area contributed by atoms with E-state index in [9.17, 15) is 18.0 Å². The van der Waals surface area contributed by atoms with Crippen LogP contribution in [0.5, 0.6) is 0 Å². The van der Waals surface area contributed by atoms with Crippen molar-refractivity contribution in [2.75, 3.05) is 24.3 Å². The molecular formula is C12H24N2O5S2. The smallest absolute Gasteiger partial charge is 0.308 e. The van der Waals surface area contributed by atoms with Crippen LogP contribution in [0, 0.1) is 5.92 Å². The Kier molecular flexibility index (Phi) is 9.63. The summed E-state index contributed by atoms with van der Waals surface area (Å²) in [6.07, 6.45) is 2.61. The molecule has 21 heavy (non-hydrogen) atoms. The zero-order chi connectivity index (χ0) is 16.5. The monoisotopic (exact) mass is 340 g/mol. The van der Waals surface area contributed by atoms with Gasteiger partial charge in [-0.1, -0.05) is 6.92 Å². The van der Waals surface area contributed by atoms with Gasteiger partial charge in [0.15, 0.2) is 0 Å². The topological polar surface area (TPSA) is 113 Å². The van der Waals surface area contributed by atoms with E-state index >= 15 is 0 Å². The maximum absolute atomic E-state index is 12.0. The van der Waals surface area contributed by atoms with Crippen LogP contribution in [0.15, 0.2) is 0 Å². The molecule has 2 unspecified atom stereocenters. The molecule has 0 aromatic heterocycles. The molecule has 0 rings (SSSR count). The minimum atomic E-state index is -3.49. The summed E-state index contributed by atoms with van der Waals surface area (Å²) in [5.74, 6) is -1.62. The van der Waals surface area contributed by atoms with Crippen LogP contribution in [0.2, 0.25) is 0 Å². The van der Waals surface area contributed by atoms with E-state index in [0.29, 0.717) is 18.6 Å². The van der Waals surface area contributed by atoms with Gasteiger partial charge in [0.05, 0.1) is 11.7 Å². The molecule has 0 spiro atoms. The summed E-state index contributed by atoms with van der Waals surface area (Å²) >= 11 is 1.51. The van der Waals surface area contributed by atoms with Crippen molar-refractivity contribution in [1.29, 1.82) is 0 Å². The van der Waals surface area contributed by atoms with E-state index in [1.54, 1.807) is 6.92 Å². The Morgan fingerprint density at radius 2 is 1.90 bits per heavy atom. The van der Waals surface area contributed by atoms with E-state index in [4.69, 9.17) is 5.11 Å². The van der Waals surface area contributed by atoms with Crippen molar-refractivity contribution >= 4 is 33.7 Å². The Labute approximate surface area is 130 Å². The third-order valence-electron chi connectivity index (χ3n) is 2.99. The molecule has 0 aliphatic carbocycles. The summed E-state index contributed by atoms with van der Waals surface area (Å²) in [5.41, 5.74) is 0. The number of carbonyl (C=O) groups excluding carboxylic acids is 1.